The van der Waals surface area contributed by atoms with Crippen molar-refractivity contribution in [2.75, 3.05) is 36.8 Å². The lowest BCUT2D eigenvalue weighted by molar-refractivity contribution is -0.129. The van der Waals surface area contributed by atoms with Crippen molar-refractivity contribution in [2.45, 2.75) is 13.0 Å². The Balaban J connectivity index is 2.13. The largest absolute Gasteiger partial charge is 0.389 e. The first-order valence-corrected chi connectivity index (χ1v) is 5.82. The van der Waals surface area contributed by atoms with Gasteiger partial charge in [0.05, 0.1) is 6.10 Å². The summed E-state index contributed by atoms with van der Waals surface area (Å²) in [5, 5.41) is 9.90. The number of carbonyl (C=O) groups is 1. The van der Waals surface area contributed by atoms with Crippen LogP contribution in [0.5, 0.6) is 0 Å². The number of aliphatic hydroxyl groups is 1. The Morgan fingerprint density at radius 2 is 2.22 bits per heavy atom. The van der Waals surface area contributed by atoms with Gasteiger partial charge in [-0.1, -0.05) is 0 Å². The van der Waals surface area contributed by atoms with Gasteiger partial charge in [0.2, 0.25) is 5.91 Å². The van der Waals surface area contributed by atoms with E-state index in [4.69, 9.17) is 5.73 Å². The predicted octanol–water partition coefficient (Wildman–Crippen LogP) is -0.912. The molecule has 2 rings (SSSR count). The van der Waals surface area contributed by atoms with Gasteiger partial charge in [-0.05, 0) is 0 Å². The molecule has 1 amide bonds. The number of aromatic nitrogens is 2. The van der Waals surface area contributed by atoms with Gasteiger partial charge >= 0.3 is 0 Å². The van der Waals surface area contributed by atoms with E-state index in [0.29, 0.717) is 37.8 Å². The standard InChI is InChI=1S/C11H17N5O2/c1-8(17)15-2-3-16(6-9(18)5-15)11-4-10(12)13-7-14-11/h4,7,9,18H,2-3,5-6H2,1H3,(H2,12,13,14). The van der Waals surface area contributed by atoms with Gasteiger partial charge in [-0.15, -0.1) is 0 Å². The Morgan fingerprint density at radius 1 is 1.44 bits per heavy atom. The van der Waals surface area contributed by atoms with Crippen molar-refractivity contribution in [1.82, 2.24) is 14.9 Å². The number of β-amino-alcohol motifs (C(OH)–C–C–N with tert-alkyl or cyclic N) is 1. The molecule has 0 saturated carbocycles. The second-order valence-corrected chi connectivity index (χ2v) is 4.37. The third-order valence-corrected chi connectivity index (χ3v) is 2.95. The van der Waals surface area contributed by atoms with Crippen molar-refractivity contribution < 1.29 is 9.90 Å². The molecule has 1 saturated heterocycles. The second kappa shape index (κ2) is 5.18. The summed E-state index contributed by atoms with van der Waals surface area (Å²) in [7, 11) is 0. The quantitative estimate of drug-likeness (QED) is 0.671. The third-order valence-electron chi connectivity index (χ3n) is 2.95. The third kappa shape index (κ3) is 2.86. The highest BCUT2D eigenvalue weighted by molar-refractivity contribution is 5.73. The van der Waals surface area contributed by atoms with E-state index in [9.17, 15) is 9.90 Å². The summed E-state index contributed by atoms with van der Waals surface area (Å²) in [5.74, 6) is 1.03. The zero-order chi connectivity index (χ0) is 13.1. The van der Waals surface area contributed by atoms with Crippen LogP contribution < -0.4 is 10.6 Å². The van der Waals surface area contributed by atoms with Crippen molar-refractivity contribution in [3.63, 3.8) is 0 Å². The van der Waals surface area contributed by atoms with Crippen LogP contribution in [0.1, 0.15) is 6.92 Å². The molecule has 7 heteroatoms. The summed E-state index contributed by atoms with van der Waals surface area (Å²) in [5.41, 5.74) is 5.61. The second-order valence-electron chi connectivity index (χ2n) is 4.37. The fraction of sp³-hybridized carbons (Fsp3) is 0.545. The lowest BCUT2D eigenvalue weighted by atomic mass is 10.3. The summed E-state index contributed by atoms with van der Waals surface area (Å²) in [6.45, 7) is 3.47. The molecule has 7 nitrogen and oxygen atoms in total. The van der Waals surface area contributed by atoms with Crippen LogP contribution in [-0.2, 0) is 4.79 Å². The van der Waals surface area contributed by atoms with Crippen LogP contribution in [0.15, 0.2) is 12.4 Å². The Labute approximate surface area is 105 Å². The molecule has 1 fully saturated rings. The first-order valence-electron chi connectivity index (χ1n) is 5.82. The van der Waals surface area contributed by atoms with Gasteiger partial charge in [0.25, 0.3) is 0 Å². The van der Waals surface area contributed by atoms with Crippen molar-refractivity contribution in [2.24, 2.45) is 0 Å². The van der Waals surface area contributed by atoms with Gasteiger partial charge in [-0.25, -0.2) is 9.97 Å². The highest BCUT2D eigenvalue weighted by atomic mass is 16.3. The molecule has 0 radical (unpaired) electrons. The highest BCUT2D eigenvalue weighted by Gasteiger charge is 2.23. The number of hydrogen-bond donors (Lipinski definition) is 2. The van der Waals surface area contributed by atoms with Crippen molar-refractivity contribution in [1.29, 1.82) is 0 Å². The molecule has 1 aromatic rings. The summed E-state index contributed by atoms with van der Waals surface area (Å²) < 4.78 is 0. The maximum absolute atomic E-state index is 11.3. The lowest BCUT2D eigenvalue weighted by Gasteiger charge is -2.22. The van der Waals surface area contributed by atoms with Crippen LogP contribution in [0, 0.1) is 0 Å². The van der Waals surface area contributed by atoms with E-state index in [1.165, 1.54) is 13.3 Å². The molecule has 0 aromatic carbocycles. The Kier molecular flexibility index (Phi) is 3.61. The minimum absolute atomic E-state index is 0.0295. The fourth-order valence-corrected chi connectivity index (χ4v) is 2.02. The van der Waals surface area contributed by atoms with Gasteiger partial charge < -0.3 is 20.6 Å². The molecule has 3 N–H and O–H groups in total. The molecule has 0 bridgehead atoms. The maximum Gasteiger partial charge on any atom is 0.219 e. The number of anilines is 2. The van der Waals surface area contributed by atoms with Crippen molar-refractivity contribution >= 4 is 17.5 Å². The number of aliphatic hydroxyl groups excluding tert-OH is 1. The lowest BCUT2D eigenvalue weighted by Crippen LogP contribution is -2.36. The molecular weight excluding hydrogens is 234 g/mol. The summed E-state index contributed by atoms with van der Waals surface area (Å²) in [6, 6.07) is 1.66. The first kappa shape index (κ1) is 12.6. The summed E-state index contributed by atoms with van der Waals surface area (Å²) >= 11 is 0. The average Bonchev–Trinajstić information content (AvgIpc) is 2.51. The van der Waals surface area contributed by atoms with E-state index >= 15 is 0 Å². The highest BCUT2D eigenvalue weighted by Crippen LogP contribution is 2.15. The number of rotatable bonds is 1. The zero-order valence-corrected chi connectivity index (χ0v) is 10.3. The van der Waals surface area contributed by atoms with Crippen LogP contribution in [0.3, 0.4) is 0 Å². The summed E-state index contributed by atoms with van der Waals surface area (Å²) in [4.78, 5) is 22.9. The van der Waals surface area contributed by atoms with E-state index in [0.717, 1.165) is 0 Å². The monoisotopic (exact) mass is 251 g/mol. The molecule has 1 aliphatic rings. The van der Waals surface area contributed by atoms with Crippen molar-refractivity contribution in [3.05, 3.63) is 12.4 Å². The Hall–Kier alpha value is -1.89. The molecule has 98 valence electrons. The smallest absolute Gasteiger partial charge is 0.219 e. The molecule has 1 aliphatic heterocycles. The minimum atomic E-state index is -0.590. The van der Waals surface area contributed by atoms with Crippen molar-refractivity contribution in [3.8, 4) is 0 Å². The van der Waals surface area contributed by atoms with Crippen LogP contribution in [-0.4, -0.2) is 58.2 Å². The van der Waals surface area contributed by atoms with Gasteiger partial charge in [0.15, 0.2) is 0 Å². The van der Waals surface area contributed by atoms with Crippen LogP contribution in [0.4, 0.5) is 11.6 Å². The number of nitrogens with two attached hydrogens (primary N) is 1. The number of carbonyl (C=O) groups excluding carboxylic acids is 1. The SMILES string of the molecule is CC(=O)N1CCN(c2cc(N)ncn2)CC(O)C1. The fourth-order valence-electron chi connectivity index (χ4n) is 2.02. The topological polar surface area (TPSA) is 95.6 Å². The zero-order valence-electron chi connectivity index (χ0n) is 10.3. The van der Waals surface area contributed by atoms with Crippen LogP contribution >= 0.6 is 0 Å². The van der Waals surface area contributed by atoms with Crippen LogP contribution in [0.2, 0.25) is 0 Å². The molecule has 0 spiro atoms. The predicted molar refractivity (Wildman–Crippen MR) is 66.9 cm³/mol. The van der Waals surface area contributed by atoms with Gasteiger partial charge in [0.1, 0.15) is 18.0 Å². The van der Waals surface area contributed by atoms with E-state index < -0.39 is 6.10 Å². The normalized spacial score (nSPS) is 20.7. The molecule has 1 unspecified atom stereocenters. The van der Waals surface area contributed by atoms with Gasteiger partial charge in [-0.3, -0.25) is 4.79 Å². The number of amides is 1. The maximum atomic E-state index is 11.3. The van der Waals surface area contributed by atoms with E-state index in [2.05, 4.69) is 9.97 Å². The van der Waals surface area contributed by atoms with Gasteiger partial charge in [0, 0.05) is 39.2 Å². The molecule has 18 heavy (non-hydrogen) atoms. The number of nitrogens with zero attached hydrogens (tertiary/aromatic N) is 4. The molecule has 2 heterocycles. The molecular formula is C11H17N5O2. The van der Waals surface area contributed by atoms with E-state index in [-0.39, 0.29) is 5.91 Å². The summed E-state index contributed by atoms with van der Waals surface area (Å²) in [6.07, 6.45) is 0.803. The first-order chi connectivity index (χ1) is 8.56. The molecule has 1 atom stereocenters. The molecule has 1 aromatic heterocycles. The Morgan fingerprint density at radius 3 is 2.89 bits per heavy atom. The van der Waals surface area contributed by atoms with Gasteiger partial charge in [-0.2, -0.15) is 0 Å². The van der Waals surface area contributed by atoms with Crippen LogP contribution in [0.25, 0.3) is 0 Å². The minimum Gasteiger partial charge on any atom is -0.389 e. The van der Waals surface area contributed by atoms with E-state index in [1.807, 2.05) is 4.90 Å². The number of nitrogen functional groups attached to an aromatic ring is 1. The van der Waals surface area contributed by atoms with E-state index in [1.54, 1.807) is 11.0 Å². The molecule has 0 aliphatic carbocycles. The average molecular weight is 251 g/mol. The number of hydrogen-bond acceptors (Lipinski definition) is 6. The Bertz CT molecular complexity index is 439.